The highest BCUT2D eigenvalue weighted by molar-refractivity contribution is 5.92. The van der Waals surface area contributed by atoms with E-state index in [4.69, 9.17) is 9.26 Å². The third-order valence-corrected chi connectivity index (χ3v) is 4.26. The summed E-state index contributed by atoms with van der Waals surface area (Å²) < 4.78 is 23.7. The van der Waals surface area contributed by atoms with Crippen LogP contribution in [0.4, 0.5) is 4.39 Å². The smallest absolute Gasteiger partial charge is 0.316 e. The molecule has 2 aliphatic rings. The van der Waals surface area contributed by atoms with Crippen molar-refractivity contribution in [3.8, 4) is 6.01 Å². The van der Waals surface area contributed by atoms with Crippen molar-refractivity contribution in [2.24, 2.45) is 0 Å². The number of hydrogen-bond donors (Lipinski definition) is 0. The third-order valence-electron chi connectivity index (χ3n) is 4.26. The van der Waals surface area contributed by atoms with Crippen molar-refractivity contribution < 1.29 is 18.4 Å². The predicted octanol–water partition coefficient (Wildman–Crippen LogP) is 2.16. The SMILES string of the molecule is O=C(c1cc(C2CC2)on1)N1CCC[C@@H](Oc2ncc(F)cn2)C1. The Labute approximate surface area is 137 Å². The summed E-state index contributed by atoms with van der Waals surface area (Å²) in [5.41, 5.74) is 0.343. The predicted molar refractivity (Wildman–Crippen MR) is 80.0 cm³/mol. The molecule has 2 fully saturated rings. The van der Waals surface area contributed by atoms with E-state index >= 15 is 0 Å². The largest absolute Gasteiger partial charge is 0.458 e. The highest BCUT2D eigenvalue weighted by Gasteiger charge is 2.31. The molecule has 0 N–H and O–H groups in total. The van der Waals surface area contributed by atoms with Crippen LogP contribution in [0.25, 0.3) is 0 Å². The van der Waals surface area contributed by atoms with Crippen LogP contribution in [0.2, 0.25) is 0 Å². The van der Waals surface area contributed by atoms with Crippen LogP contribution >= 0.6 is 0 Å². The number of nitrogens with zero attached hydrogens (tertiary/aromatic N) is 4. The molecule has 1 saturated carbocycles. The minimum Gasteiger partial charge on any atom is -0.458 e. The molecular weight excluding hydrogens is 315 g/mol. The van der Waals surface area contributed by atoms with Crippen molar-refractivity contribution >= 4 is 5.91 Å². The van der Waals surface area contributed by atoms with Crippen LogP contribution in [0.3, 0.4) is 0 Å². The zero-order valence-electron chi connectivity index (χ0n) is 13.0. The molecule has 0 bridgehead atoms. The van der Waals surface area contributed by atoms with Crippen molar-refractivity contribution in [2.45, 2.75) is 37.7 Å². The van der Waals surface area contributed by atoms with Crippen molar-refractivity contribution in [1.82, 2.24) is 20.0 Å². The average molecular weight is 332 g/mol. The van der Waals surface area contributed by atoms with Gasteiger partial charge in [-0.05, 0) is 25.7 Å². The van der Waals surface area contributed by atoms with Gasteiger partial charge in [0.1, 0.15) is 11.9 Å². The minimum atomic E-state index is -0.514. The number of aromatic nitrogens is 3. The number of carbonyl (C=O) groups excluding carboxylic acids is 1. The Morgan fingerprint density at radius 3 is 2.83 bits per heavy atom. The lowest BCUT2D eigenvalue weighted by atomic mass is 10.1. The third kappa shape index (κ3) is 3.22. The molecule has 8 heteroatoms. The van der Waals surface area contributed by atoms with Gasteiger partial charge in [0.05, 0.1) is 18.9 Å². The van der Waals surface area contributed by atoms with Crippen LogP contribution in [0, 0.1) is 5.82 Å². The van der Waals surface area contributed by atoms with Crippen LogP contribution in [-0.4, -0.2) is 45.1 Å². The van der Waals surface area contributed by atoms with E-state index in [1.165, 1.54) is 0 Å². The van der Waals surface area contributed by atoms with Crippen LogP contribution in [0.15, 0.2) is 23.0 Å². The summed E-state index contributed by atoms with van der Waals surface area (Å²) in [6, 6.07) is 1.86. The van der Waals surface area contributed by atoms with E-state index < -0.39 is 5.82 Å². The Balaban J connectivity index is 1.39. The van der Waals surface area contributed by atoms with E-state index in [1.54, 1.807) is 11.0 Å². The van der Waals surface area contributed by atoms with Gasteiger partial charge in [0.15, 0.2) is 11.5 Å². The van der Waals surface area contributed by atoms with Gasteiger partial charge < -0.3 is 14.2 Å². The Morgan fingerprint density at radius 1 is 1.29 bits per heavy atom. The summed E-state index contributed by atoms with van der Waals surface area (Å²) in [6.07, 6.45) is 5.69. The van der Waals surface area contributed by atoms with Gasteiger partial charge in [0.2, 0.25) is 0 Å². The first-order valence-corrected chi connectivity index (χ1v) is 8.09. The number of carbonyl (C=O) groups is 1. The zero-order valence-corrected chi connectivity index (χ0v) is 13.0. The van der Waals surface area contributed by atoms with E-state index in [-0.39, 0.29) is 18.0 Å². The van der Waals surface area contributed by atoms with E-state index in [9.17, 15) is 9.18 Å². The highest BCUT2D eigenvalue weighted by Crippen LogP contribution is 2.40. The summed E-state index contributed by atoms with van der Waals surface area (Å²) in [5, 5.41) is 3.90. The lowest BCUT2D eigenvalue weighted by Gasteiger charge is -2.31. The molecule has 3 heterocycles. The first-order chi connectivity index (χ1) is 11.7. The van der Waals surface area contributed by atoms with Gasteiger partial charge in [-0.15, -0.1) is 0 Å². The fraction of sp³-hybridized carbons (Fsp3) is 0.500. The van der Waals surface area contributed by atoms with Gasteiger partial charge in [0, 0.05) is 18.5 Å². The summed E-state index contributed by atoms with van der Waals surface area (Å²) in [6.45, 7) is 1.07. The second-order valence-electron chi connectivity index (χ2n) is 6.21. The van der Waals surface area contributed by atoms with Gasteiger partial charge in [0.25, 0.3) is 5.91 Å². The second kappa shape index (κ2) is 6.18. The topological polar surface area (TPSA) is 81.4 Å². The Kier molecular flexibility index (Phi) is 3.87. The van der Waals surface area contributed by atoms with E-state index in [2.05, 4.69) is 15.1 Å². The molecule has 2 aromatic rings. The summed E-state index contributed by atoms with van der Waals surface area (Å²) in [7, 11) is 0. The maximum atomic E-state index is 12.8. The summed E-state index contributed by atoms with van der Waals surface area (Å²) in [4.78, 5) is 21.8. The molecule has 1 aliphatic heterocycles. The highest BCUT2D eigenvalue weighted by atomic mass is 19.1. The van der Waals surface area contributed by atoms with Crippen LogP contribution < -0.4 is 4.74 Å². The summed E-state index contributed by atoms with van der Waals surface area (Å²) >= 11 is 0. The van der Waals surface area contributed by atoms with Crippen molar-refractivity contribution in [2.75, 3.05) is 13.1 Å². The first kappa shape index (κ1) is 15.0. The lowest BCUT2D eigenvalue weighted by Crippen LogP contribution is -2.44. The fourth-order valence-corrected chi connectivity index (χ4v) is 2.84. The Hall–Kier alpha value is -2.51. The maximum absolute atomic E-state index is 12.8. The molecule has 7 nitrogen and oxygen atoms in total. The molecule has 0 unspecified atom stereocenters. The number of likely N-dealkylation sites (tertiary alicyclic amines) is 1. The van der Waals surface area contributed by atoms with Gasteiger partial charge in [-0.1, -0.05) is 5.16 Å². The summed E-state index contributed by atoms with van der Waals surface area (Å²) in [5.74, 6) is 0.550. The standard InChI is InChI=1S/C16H17FN4O3/c17-11-7-18-16(19-8-11)23-12-2-1-5-21(9-12)15(22)13-6-14(24-20-13)10-3-4-10/h6-8,10,12H,1-5,9H2/t12-/m1/s1. The second-order valence-corrected chi connectivity index (χ2v) is 6.21. The number of piperidine rings is 1. The molecule has 0 radical (unpaired) electrons. The van der Waals surface area contributed by atoms with E-state index in [1.807, 2.05) is 0 Å². The van der Waals surface area contributed by atoms with Gasteiger partial charge in [-0.2, -0.15) is 0 Å². The quantitative estimate of drug-likeness (QED) is 0.853. The maximum Gasteiger partial charge on any atom is 0.316 e. The normalized spacial score (nSPS) is 20.9. The Bertz CT molecular complexity index is 729. The van der Waals surface area contributed by atoms with Gasteiger partial charge in [-0.25, -0.2) is 14.4 Å². The molecular formula is C16H17FN4O3. The molecule has 2 aromatic heterocycles. The van der Waals surface area contributed by atoms with Crippen molar-refractivity contribution in [3.05, 3.63) is 35.7 Å². The zero-order chi connectivity index (χ0) is 16.5. The van der Waals surface area contributed by atoms with Gasteiger partial charge >= 0.3 is 6.01 Å². The van der Waals surface area contributed by atoms with Crippen LogP contribution in [0.1, 0.15) is 47.8 Å². The number of hydrogen-bond acceptors (Lipinski definition) is 6. The lowest BCUT2D eigenvalue weighted by molar-refractivity contribution is 0.0506. The number of rotatable bonds is 4. The van der Waals surface area contributed by atoms with Crippen molar-refractivity contribution in [1.29, 1.82) is 0 Å². The minimum absolute atomic E-state index is 0.119. The monoisotopic (exact) mass is 332 g/mol. The molecule has 1 atom stereocenters. The van der Waals surface area contributed by atoms with Crippen LogP contribution in [-0.2, 0) is 0 Å². The molecule has 0 spiro atoms. The number of halogens is 1. The Morgan fingerprint density at radius 2 is 2.08 bits per heavy atom. The molecule has 4 rings (SSSR count). The van der Waals surface area contributed by atoms with E-state index in [0.29, 0.717) is 24.7 Å². The van der Waals surface area contributed by atoms with Crippen LogP contribution in [0.5, 0.6) is 6.01 Å². The fourth-order valence-electron chi connectivity index (χ4n) is 2.84. The first-order valence-electron chi connectivity index (χ1n) is 8.09. The number of amides is 1. The number of ether oxygens (including phenoxy) is 1. The van der Waals surface area contributed by atoms with E-state index in [0.717, 1.165) is 43.8 Å². The molecule has 24 heavy (non-hydrogen) atoms. The molecule has 126 valence electrons. The van der Waals surface area contributed by atoms with Crippen molar-refractivity contribution in [3.63, 3.8) is 0 Å². The molecule has 0 aromatic carbocycles. The van der Waals surface area contributed by atoms with Gasteiger partial charge in [-0.3, -0.25) is 4.79 Å². The molecule has 1 aliphatic carbocycles. The molecule has 1 amide bonds. The average Bonchev–Trinajstić information content (AvgIpc) is 3.34. The molecule has 1 saturated heterocycles.